The van der Waals surface area contributed by atoms with Gasteiger partial charge in [0.2, 0.25) is 0 Å². The van der Waals surface area contributed by atoms with Crippen molar-refractivity contribution in [3.05, 3.63) is 35.4 Å². The minimum absolute atomic E-state index is 0.553. The molecule has 2 nitrogen and oxygen atoms in total. The molecule has 0 radical (unpaired) electrons. The Morgan fingerprint density at radius 1 is 1.18 bits per heavy atom. The Bertz CT molecular complexity index is 294. The van der Waals surface area contributed by atoms with Crippen LogP contribution >= 0.6 is 0 Å². The zero-order valence-electron chi connectivity index (χ0n) is 11.3. The maximum absolute atomic E-state index is 5.58. The first-order valence-electron chi connectivity index (χ1n) is 6.56. The number of likely N-dealkylation sites (N-methyl/N-ethyl adjacent to an activating group) is 1. The normalized spacial score (nSPS) is 12.6. The molecule has 96 valence electrons. The molecule has 0 aliphatic rings. The van der Waals surface area contributed by atoms with Crippen LogP contribution in [0.25, 0.3) is 0 Å². The Balaban J connectivity index is 2.49. The van der Waals surface area contributed by atoms with Gasteiger partial charge in [0.25, 0.3) is 0 Å². The zero-order chi connectivity index (χ0) is 12.5. The topological polar surface area (TPSA) is 21.3 Å². The summed E-state index contributed by atoms with van der Waals surface area (Å²) in [5.74, 6) is 0.553. The van der Waals surface area contributed by atoms with E-state index in [1.54, 1.807) is 0 Å². The highest BCUT2D eigenvalue weighted by Gasteiger charge is 2.10. The molecule has 0 bridgehead atoms. The third-order valence-corrected chi connectivity index (χ3v) is 2.96. The molecule has 1 atom stereocenters. The summed E-state index contributed by atoms with van der Waals surface area (Å²) in [6, 6.07) is 8.84. The lowest BCUT2D eigenvalue weighted by atomic mass is 9.95. The monoisotopic (exact) mass is 235 g/mol. The van der Waals surface area contributed by atoms with Crippen LogP contribution in [0.1, 0.15) is 36.8 Å². The number of hydrogen-bond acceptors (Lipinski definition) is 2. The first-order chi connectivity index (χ1) is 8.27. The van der Waals surface area contributed by atoms with Gasteiger partial charge >= 0.3 is 0 Å². The van der Waals surface area contributed by atoms with Gasteiger partial charge in [0.1, 0.15) is 0 Å². The maximum atomic E-state index is 5.58. The largest absolute Gasteiger partial charge is 0.381 e. The van der Waals surface area contributed by atoms with Gasteiger partial charge in [-0.15, -0.1) is 0 Å². The van der Waals surface area contributed by atoms with E-state index in [1.807, 2.05) is 7.05 Å². The van der Waals surface area contributed by atoms with E-state index in [1.165, 1.54) is 11.1 Å². The molecular formula is C15H25NO. The SMILES string of the molecule is CCCOCCC(CNC)c1ccc(C)cc1. The van der Waals surface area contributed by atoms with Gasteiger partial charge in [-0.1, -0.05) is 36.8 Å². The smallest absolute Gasteiger partial charge is 0.0472 e. The summed E-state index contributed by atoms with van der Waals surface area (Å²) in [7, 11) is 2.01. The standard InChI is InChI=1S/C15H25NO/c1-4-10-17-11-9-15(12-16-3)14-7-5-13(2)6-8-14/h5-8,15-16H,4,9-12H2,1-3H3. The van der Waals surface area contributed by atoms with Crippen molar-refractivity contribution in [3.8, 4) is 0 Å². The Kier molecular flexibility index (Phi) is 6.90. The van der Waals surface area contributed by atoms with Crippen LogP contribution in [-0.2, 0) is 4.74 Å². The number of ether oxygens (including phenoxy) is 1. The van der Waals surface area contributed by atoms with E-state index >= 15 is 0 Å². The second kappa shape index (κ2) is 8.26. The minimum Gasteiger partial charge on any atom is -0.381 e. The first-order valence-corrected chi connectivity index (χ1v) is 6.56. The molecular weight excluding hydrogens is 210 g/mol. The first kappa shape index (κ1) is 14.2. The number of rotatable bonds is 8. The van der Waals surface area contributed by atoms with E-state index in [4.69, 9.17) is 4.74 Å². The van der Waals surface area contributed by atoms with Crippen LogP contribution in [0.4, 0.5) is 0 Å². The lowest BCUT2D eigenvalue weighted by Crippen LogP contribution is -2.19. The predicted molar refractivity (Wildman–Crippen MR) is 73.6 cm³/mol. The van der Waals surface area contributed by atoms with Crippen LogP contribution in [0.15, 0.2) is 24.3 Å². The van der Waals surface area contributed by atoms with E-state index in [9.17, 15) is 0 Å². The average Bonchev–Trinajstić information content (AvgIpc) is 2.34. The van der Waals surface area contributed by atoms with Crippen molar-refractivity contribution in [3.63, 3.8) is 0 Å². The zero-order valence-corrected chi connectivity index (χ0v) is 11.3. The van der Waals surface area contributed by atoms with Gasteiger partial charge in [-0.3, -0.25) is 0 Å². The molecule has 0 spiro atoms. The maximum Gasteiger partial charge on any atom is 0.0472 e. The Morgan fingerprint density at radius 2 is 1.88 bits per heavy atom. The highest BCUT2D eigenvalue weighted by molar-refractivity contribution is 5.24. The summed E-state index contributed by atoms with van der Waals surface area (Å²) >= 11 is 0. The van der Waals surface area contributed by atoms with E-state index in [0.29, 0.717) is 5.92 Å². The highest BCUT2D eigenvalue weighted by Crippen LogP contribution is 2.19. The third kappa shape index (κ3) is 5.33. The summed E-state index contributed by atoms with van der Waals surface area (Å²) in [6.07, 6.45) is 2.19. The molecule has 1 unspecified atom stereocenters. The molecule has 1 rings (SSSR count). The quantitative estimate of drug-likeness (QED) is 0.699. The van der Waals surface area contributed by atoms with Crippen molar-refractivity contribution < 1.29 is 4.74 Å². The predicted octanol–water partition coefficient (Wildman–Crippen LogP) is 3.11. The van der Waals surface area contributed by atoms with Gasteiger partial charge < -0.3 is 10.1 Å². The number of nitrogens with one attached hydrogen (secondary N) is 1. The summed E-state index contributed by atoms with van der Waals surface area (Å²) < 4.78 is 5.58. The minimum atomic E-state index is 0.553. The Hall–Kier alpha value is -0.860. The van der Waals surface area contributed by atoms with Crippen molar-refractivity contribution in [1.29, 1.82) is 0 Å². The van der Waals surface area contributed by atoms with Crippen LogP contribution in [-0.4, -0.2) is 26.8 Å². The molecule has 0 aliphatic carbocycles. The summed E-state index contributed by atoms with van der Waals surface area (Å²) in [5.41, 5.74) is 2.73. The third-order valence-electron chi connectivity index (χ3n) is 2.96. The highest BCUT2D eigenvalue weighted by atomic mass is 16.5. The van der Waals surface area contributed by atoms with Gasteiger partial charge in [-0.05, 0) is 38.3 Å². The van der Waals surface area contributed by atoms with Crippen LogP contribution < -0.4 is 5.32 Å². The van der Waals surface area contributed by atoms with E-state index in [-0.39, 0.29) is 0 Å². The van der Waals surface area contributed by atoms with Gasteiger partial charge in [0.05, 0.1) is 0 Å². The van der Waals surface area contributed by atoms with E-state index in [2.05, 4.69) is 43.4 Å². The second-order valence-electron chi connectivity index (χ2n) is 4.57. The Morgan fingerprint density at radius 3 is 2.47 bits per heavy atom. The molecule has 1 aromatic carbocycles. The van der Waals surface area contributed by atoms with Crippen LogP contribution in [0, 0.1) is 6.92 Å². The molecule has 2 heteroatoms. The fourth-order valence-electron chi connectivity index (χ4n) is 1.94. The molecule has 1 aromatic rings. The summed E-state index contributed by atoms with van der Waals surface area (Å²) in [6.45, 7) is 7.01. The molecule has 0 amide bonds. The lowest BCUT2D eigenvalue weighted by Gasteiger charge is -2.17. The van der Waals surface area contributed by atoms with Gasteiger partial charge in [-0.25, -0.2) is 0 Å². The number of benzene rings is 1. The van der Waals surface area contributed by atoms with Crippen molar-refractivity contribution in [2.45, 2.75) is 32.6 Å². The lowest BCUT2D eigenvalue weighted by molar-refractivity contribution is 0.127. The number of hydrogen-bond donors (Lipinski definition) is 1. The molecule has 0 fully saturated rings. The van der Waals surface area contributed by atoms with Gasteiger partial charge in [0, 0.05) is 19.8 Å². The molecule has 0 heterocycles. The Labute approximate surface area is 105 Å². The van der Waals surface area contributed by atoms with Crippen LogP contribution in [0.3, 0.4) is 0 Å². The molecule has 17 heavy (non-hydrogen) atoms. The molecule has 0 aliphatic heterocycles. The van der Waals surface area contributed by atoms with Crippen molar-refractivity contribution in [2.24, 2.45) is 0 Å². The second-order valence-corrected chi connectivity index (χ2v) is 4.57. The average molecular weight is 235 g/mol. The number of aryl methyl sites for hydroxylation is 1. The van der Waals surface area contributed by atoms with Crippen molar-refractivity contribution in [1.82, 2.24) is 5.32 Å². The van der Waals surface area contributed by atoms with Crippen molar-refractivity contribution >= 4 is 0 Å². The molecule has 0 saturated heterocycles. The molecule has 0 aromatic heterocycles. The van der Waals surface area contributed by atoms with Crippen LogP contribution in [0.5, 0.6) is 0 Å². The summed E-state index contributed by atoms with van der Waals surface area (Å²) in [4.78, 5) is 0. The fraction of sp³-hybridized carbons (Fsp3) is 0.600. The fourth-order valence-corrected chi connectivity index (χ4v) is 1.94. The van der Waals surface area contributed by atoms with E-state index in [0.717, 1.165) is 32.6 Å². The van der Waals surface area contributed by atoms with E-state index < -0.39 is 0 Å². The van der Waals surface area contributed by atoms with Gasteiger partial charge in [-0.2, -0.15) is 0 Å². The molecule has 0 saturated carbocycles. The molecule has 1 N–H and O–H groups in total. The van der Waals surface area contributed by atoms with Crippen molar-refractivity contribution in [2.75, 3.05) is 26.8 Å². The van der Waals surface area contributed by atoms with Crippen LogP contribution in [0.2, 0.25) is 0 Å². The summed E-state index contributed by atoms with van der Waals surface area (Å²) in [5, 5.41) is 3.27. The van der Waals surface area contributed by atoms with Gasteiger partial charge in [0.15, 0.2) is 0 Å².